The fourth-order valence-corrected chi connectivity index (χ4v) is 9.25. The molecule has 8 unspecified atom stereocenters. The van der Waals surface area contributed by atoms with Crippen LogP contribution in [0.1, 0.15) is 258 Å². The molecule has 1 fully saturated rings. The van der Waals surface area contributed by atoms with E-state index in [1.165, 1.54) is 141 Å². The van der Waals surface area contributed by atoms with E-state index in [2.05, 4.69) is 38.2 Å². The summed E-state index contributed by atoms with van der Waals surface area (Å²) >= 11 is 0. The van der Waals surface area contributed by atoms with Gasteiger partial charge in [-0.25, -0.2) is 0 Å². The molecule has 0 saturated carbocycles. The maximum Gasteiger partial charge on any atom is 0.306 e. The fourth-order valence-electron chi connectivity index (χ4n) is 9.25. The molecular formula is C62H111NO10. The van der Waals surface area contributed by atoms with E-state index in [1.807, 2.05) is 42.5 Å². The quantitative estimate of drug-likeness (QED) is 0.0149. The summed E-state index contributed by atoms with van der Waals surface area (Å²) in [5.41, 5.74) is 0. The van der Waals surface area contributed by atoms with Gasteiger partial charge in [-0.1, -0.05) is 268 Å². The van der Waals surface area contributed by atoms with Gasteiger partial charge in [0.2, 0.25) is 5.91 Å². The molecule has 1 aliphatic rings. The molecule has 0 spiro atoms. The number of esters is 1. The van der Waals surface area contributed by atoms with Crippen LogP contribution in [0.4, 0.5) is 0 Å². The van der Waals surface area contributed by atoms with Crippen molar-refractivity contribution in [2.24, 2.45) is 0 Å². The number of allylic oxidation sites excluding steroid dienone is 9. The second-order valence-corrected chi connectivity index (χ2v) is 20.8. The summed E-state index contributed by atoms with van der Waals surface area (Å²) in [7, 11) is 0. The van der Waals surface area contributed by atoms with E-state index in [-0.39, 0.29) is 19.4 Å². The van der Waals surface area contributed by atoms with Gasteiger partial charge in [-0.2, -0.15) is 0 Å². The smallest absolute Gasteiger partial charge is 0.306 e. The van der Waals surface area contributed by atoms with Crippen LogP contribution >= 0.6 is 0 Å². The third-order valence-corrected chi connectivity index (χ3v) is 14.0. The number of rotatable bonds is 50. The van der Waals surface area contributed by atoms with Crippen LogP contribution in [0.5, 0.6) is 0 Å². The first kappa shape index (κ1) is 68.4. The zero-order chi connectivity index (χ0) is 53.3. The molecule has 1 heterocycles. The molecule has 1 rings (SSSR count). The highest BCUT2D eigenvalue weighted by Crippen LogP contribution is 2.26. The molecule has 8 atom stereocenters. The zero-order valence-corrected chi connectivity index (χ0v) is 46.7. The second-order valence-electron chi connectivity index (χ2n) is 20.8. The minimum atomic E-state index is -1.62. The summed E-state index contributed by atoms with van der Waals surface area (Å²) in [4.78, 5) is 26.5. The number of nitrogens with one attached hydrogen (secondary N) is 1. The Bertz CT molecular complexity index is 1420. The number of amides is 1. The van der Waals surface area contributed by atoms with Crippen molar-refractivity contribution in [3.8, 4) is 0 Å². The number of hydrogen-bond donors (Lipinski definition) is 6. The first-order chi connectivity index (χ1) is 35.7. The lowest BCUT2D eigenvalue weighted by atomic mass is 9.99. The predicted octanol–water partition coefficient (Wildman–Crippen LogP) is 13.8. The molecule has 424 valence electrons. The molecule has 0 bridgehead atoms. The van der Waals surface area contributed by atoms with Crippen LogP contribution in [0.15, 0.2) is 60.8 Å². The predicted molar refractivity (Wildman–Crippen MR) is 301 cm³/mol. The molecule has 11 heteroatoms. The summed E-state index contributed by atoms with van der Waals surface area (Å²) in [6, 6.07) is -1.04. The van der Waals surface area contributed by atoms with Gasteiger partial charge < -0.3 is 45.1 Å². The number of hydrogen-bond acceptors (Lipinski definition) is 10. The van der Waals surface area contributed by atoms with Crippen molar-refractivity contribution in [2.45, 2.75) is 307 Å². The van der Waals surface area contributed by atoms with Crippen LogP contribution in [0, 0.1) is 0 Å². The third kappa shape index (κ3) is 38.5. The Morgan fingerprint density at radius 3 is 1.48 bits per heavy atom. The van der Waals surface area contributed by atoms with Crippen molar-refractivity contribution in [3.63, 3.8) is 0 Å². The van der Waals surface area contributed by atoms with Crippen LogP contribution in [0.25, 0.3) is 0 Å². The van der Waals surface area contributed by atoms with Gasteiger partial charge in [0.1, 0.15) is 24.4 Å². The Morgan fingerprint density at radius 2 is 0.986 bits per heavy atom. The zero-order valence-electron chi connectivity index (χ0n) is 46.7. The summed E-state index contributed by atoms with van der Waals surface area (Å²) in [6.07, 6.45) is 51.2. The Labute approximate surface area is 446 Å². The van der Waals surface area contributed by atoms with Crippen molar-refractivity contribution in [3.05, 3.63) is 60.8 Å². The van der Waals surface area contributed by atoms with E-state index in [4.69, 9.17) is 14.2 Å². The molecule has 1 amide bonds. The van der Waals surface area contributed by atoms with Crippen LogP contribution < -0.4 is 5.32 Å². The largest absolute Gasteiger partial charge is 0.454 e. The molecule has 0 aromatic carbocycles. The van der Waals surface area contributed by atoms with Crippen LogP contribution in [0.3, 0.4) is 0 Å². The van der Waals surface area contributed by atoms with Crippen LogP contribution in [-0.2, 0) is 23.8 Å². The lowest BCUT2D eigenvalue weighted by molar-refractivity contribution is -0.305. The maximum atomic E-state index is 13.4. The van der Waals surface area contributed by atoms with Gasteiger partial charge in [0, 0.05) is 6.42 Å². The Kier molecular flexibility index (Phi) is 47.0. The van der Waals surface area contributed by atoms with Gasteiger partial charge in [-0.15, -0.1) is 0 Å². The van der Waals surface area contributed by atoms with E-state index >= 15 is 0 Å². The van der Waals surface area contributed by atoms with E-state index in [1.54, 1.807) is 6.08 Å². The van der Waals surface area contributed by atoms with Crippen LogP contribution in [0.2, 0.25) is 0 Å². The average molecular weight is 1030 g/mol. The van der Waals surface area contributed by atoms with E-state index in [0.717, 1.165) is 70.6 Å². The molecule has 0 radical (unpaired) electrons. The monoisotopic (exact) mass is 1030 g/mol. The number of carbonyl (C=O) groups is 2. The highest BCUT2D eigenvalue weighted by Gasteiger charge is 2.47. The lowest BCUT2D eigenvalue weighted by Crippen LogP contribution is -2.61. The fraction of sp³-hybridized carbons (Fsp3) is 0.806. The third-order valence-electron chi connectivity index (χ3n) is 14.0. The Balaban J connectivity index is 2.68. The SMILES string of the molecule is CC/C=C/C=C/C=C/C=C\CCCCCCC(O)C(=O)NC(COC1OC(CO)C(O)C(O)C1OC(=O)CCCCCCCCCCCCCCCCCCCCC)C(O)/C=C/CCCCCCCCCCC. The molecule has 73 heavy (non-hydrogen) atoms. The maximum absolute atomic E-state index is 13.4. The minimum Gasteiger partial charge on any atom is -0.454 e. The number of aliphatic hydroxyl groups excluding tert-OH is 5. The van der Waals surface area contributed by atoms with E-state index in [9.17, 15) is 35.1 Å². The van der Waals surface area contributed by atoms with Crippen molar-refractivity contribution >= 4 is 11.9 Å². The van der Waals surface area contributed by atoms with Crippen molar-refractivity contribution in [1.82, 2.24) is 5.32 Å². The topological polar surface area (TPSA) is 175 Å². The Hall–Kier alpha value is -2.64. The van der Waals surface area contributed by atoms with Crippen molar-refractivity contribution < 1.29 is 49.3 Å². The van der Waals surface area contributed by atoms with Crippen molar-refractivity contribution in [1.29, 1.82) is 0 Å². The first-order valence-electron chi connectivity index (χ1n) is 30.1. The number of aliphatic hydroxyl groups is 5. The molecule has 1 saturated heterocycles. The molecule has 0 aromatic heterocycles. The molecular weight excluding hydrogens is 919 g/mol. The standard InChI is InChI=1S/C62H111NO10/c1-4-7-10-13-16-19-22-24-26-27-28-29-30-32-35-38-41-44-47-50-57(67)73-60-59(69)58(68)56(51-64)72-62(60)71-52-53(54(65)48-45-42-39-36-33-21-18-15-12-9-6-3)63-61(70)55(66)49-46-43-40-37-34-31-25-23-20-17-14-11-8-5-2/h8,11,14,17,20,23,25,31,45,48,53-56,58-60,62,64-66,68-69H,4-7,9-10,12-13,15-16,18-19,21-22,24,26-30,32-44,46-47,49-52H2,1-3H3,(H,63,70)/b11-8+,17-14+,23-20+,31-25-,48-45+. The lowest BCUT2D eigenvalue weighted by Gasteiger charge is -2.41. The second kappa shape index (κ2) is 50.2. The van der Waals surface area contributed by atoms with Gasteiger partial charge >= 0.3 is 5.97 Å². The van der Waals surface area contributed by atoms with Crippen LogP contribution in [-0.4, -0.2) is 99.6 Å². The summed E-state index contributed by atoms with van der Waals surface area (Å²) in [5, 5.41) is 56.8. The normalized spacial score (nSPS) is 19.8. The summed E-state index contributed by atoms with van der Waals surface area (Å²) in [5.74, 6) is -1.21. The molecule has 0 aliphatic carbocycles. The molecule has 1 aliphatic heterocycles. The van der Waals surface area contributed by atoms with Gasteiger partial charge in [-0.05, 0) is 44.9 Å². The van der Waals surface area contributed by atoms with Gasteiger partial charge in [0.15, 0.2) is 12.4 Å². The first-order valence-corrected chi connectivity index (χ1v) is 30.1. The van der Waals surface area contributed by atoms with E-state index < -0.39 is 67.4 Å². The molecule has 6 N–H and O–H groups in total. The highest BCUT2D eigenvalue weighted by molar-refractivity contribution is 5.80. The van der Waals surface area contributed by atoms with Gasteiger partial charge in [-0.3, -0.25) is 9.59 Å². The van der Waals surface area contributed by atoms with E-state index in [0.29, 0.717) is 12.8 Å². The van der Waals surface area contributed by atoms with Gasteiger partial charge in [0.25, 0.3) is 0 Å². The minimum absolute atomic E-state index is 0.123. The highest BCUT2D eigenvalue weighted by atomic mass is 16.7. The van der Waals surface area contributed by atoms with Gasteiger partial charge in [0.05, 0.1) is 25.4 Å². The van der Waals surface area contributed by atoms with Crippen molar-refractivity contribution in [2.75, 3.05) is 13.2 Å². The summed E-state index contributed by atoms with van der Waals surface area (Å²) in [6.45, 7) is 5.63. The number of ether oxygens (including phenoxy) is 3. The summed E-state index contributed by atoms with van der Waals surface area (Å²) < 4.78 is 17.6. The number of carbonyl (C=O) groups excluding carboxylic acids is 2. The Morgan fingerprint density at radius 1 is 0.548 bits per heavy atom. The number of unbranched alkanes of at least 4 members (excludes halogenated alkanes) is 31. The average Bonchev–Trinajstić information content (AvgIpc) is 3.39. The molecule has 0 aromatic rings. The molecule has 11 nitrogen and oxygen atoms in total.